The van der Waals surface area contributed by atoms with Crippen molar-refractivity contribution in [3.63, 3.8) is 0 Å². The molecule has 0 bridgehead atoms. The molecule has 0 spiro atoms. The normalized spacial score (nSPS) is 17.7. The van der Waals surface area contributed by atoms with Gasteiger partial charge in [-0.1, -0.05) is 30.3 Å². The Labute approximate surface area is 155 Å². The van der Waals surface area contributed by atoms with Crippen molar-refractivity contribution < 1.29 is 22.7 Å². The van der Waals surface area contributed by atoms with Crippen LogP contribution in [0.5, 0.6) is 5.75 Å². The summed E-state index contributed by atoms with van der Waals surface area (Å²) >= 11 is 0. The van der Waals surface area contributed by atoms with E-state index in [-0.39, 0.29) is 24.3 Å². The molecular formula is C20H21F3N2O2. The van der Waals surface area contributed by atoms with Crippen LogP contribution in [-0.2, 0) is 17.5 Å². The van der Waals surface area contributed by atoms with Gasteiger partial charge in [-0.15, -0.1) is 0 Å². The molecule has 27 heavy (non-hydrogen) atoms. The van der Waals surface area contributed by atoms with Crippen molar-refractivity contribution in [2.75, 3.05) is 19.7 Å². The van der Waals surface area contributed by atoms with E-state index in [0.29, 0.717) is 0 Å². The first-order valence-corrected chi connectivity index (χ1v) is 8.76. The number of nitrogens with zero attached hydrogens (tertiary/aromatic N) is 1. The number of likely N-dealkylation sites (tertiary alicyclic amines) is 1. The van der Waals surface area contributed by atoms with Gasteiger partial charge in [0.1, 0.15) is 5.75 Å². The number of alkyl halides is 3. The summed E-state index contributed by atoms with van der Waals surface area (Å²) in [6.07, 6.45) is -3.52. The van der Waals surface area contributed by atoms with Gasteiger partial charge >= 0.3 is 6.18 Å². The third-order valence-corrected chi connectivity index (χ3v) is 4.44. The van der Waals surface area contributed by atoms with Gasteiger partial charge in [0.2, 0.25) is 0 Å². The molecule has 0 aromatic heterocycles. The molecule has 1 atom stereocenters. The minimum atomic E-state index is -4.38. The molecule has 0 saturated carbocycles. The molecule has 7 heteroatoms. The molecule has 1 aliphatic rings. The average molecular weight is 378 g/mol. The summed E-state index contributed by atoms with van der Waals surface area (Å²) in [4.78, 5) is 14.3. The number of ether oxygens (including phenoxy) is 1. The molecule has 1 aliphatic heterocycles. The molecule has 3 rings (SSSR count). The fraction of sp³-hybridized carbons (Fsp3) is 0.350. The Balaban J connectivity index is 1.41. The molecule has 2 aromatic carbocycles. The lowest BCUT2D eigenvalue weighted by Crippen LogP contribution is -2.39. The monoisotopic (exact) mass is 378 g/mol. The van der Waals surface area contributed by atoms with Crippen LogP contribution >= 0.6 is 0 Å². The standard InChI is InChI=1S/C20H21F3N2O2/c21-20(22,23)16-6-8-18(9-7-16)27-14-19(26)24-17-10-11-25(13-17)12-15-4-2-1-3-5-15/h1-9,17H,10-14H2,(H,24,26). The third-order valence-electron chi connectivity index (χ3n) is 4.44. The molecule has 0 aliphatic carbocycles. The van der Waals surface area contributed by atoms with Gasteiger partial charge in [0.25, 0.3) is 5.91 Å². The van der Waals surface area contributed by atoms with Gasteiger partial charge in [-0.2, -0.15) is 13.2 Å². The Kier molecular flexibility index (Phi) is 6.01. The fourth-order valence-corrected chi connectivity index (χ4v) is 3.09. The second kappa shape index (κ2) is 8.43. The summed E-state index contributed by atoms with van der Waals surface area (Å²) in [6.45, 7) is 2.29. The smallest absolute Gasteiger partial charge is 0.416 e. The third kappa shape index (κ3) is 5.72. The van der Waals surface area contributed by atoms with Gasteiger partial charge in [-0.3, -0.25) is 9.69 Å². The number of amides is 1. The van der Waals surface area contributed by atoms with Crippen LogP contribution < -0.4 is 10.1 Å². The number of rotatable bonds is 6. The van der Waals surface area contributed by atoms with Crippen LogP contribution in [0.15, 0.2) is 54.6 Å². The van der Waals surface area contributed by atoms with Gasteiger partial charge in [0.05, 0.1) is 5.56 Å². The maximum Gasteiger partial charge on any atom is 0.416 e. The minimum Gasteiger partial charge on any atom is -0.484 e. The van der Waals surface area contributed by atoms with Crippen LogP contribution in [0.25, 0.3) is 0 Å². The zero-order chi connectivity index (χ0) is 19.3. The summed E-state index contributed by atoms with van der Waals surface area (Å²) in [5.41, 5.74) is 0.485. The molecule has 1 heterocycles. The van der Waals surface area contributed by atoms with Crippen molar-refractivity contribution in [1.29, 1.82) is 0 Å². The molecular weight excluding hydrogens is 357 g/mol. The van der Waals surface area contributed by atoms with Gasteiger partial charge < -0.3 is 10.1 Å². The van der Waals surface area contributed by atoms with Gasteiger partial charge in [0.15, 0.2) is 6.61 Å². The van der Waals surface area contributed by atoms with Crippen LogP contribution in [0.3, 0.4) is 0 Å². The average Bonchev–Trinajstić information content (AvgIpc) is 3.07. The predicted molar refractivity (Wildman–Crippen MR) is 95.2 cm³/mol. The van der Waals surface area contributed by atoms with E-state index in [9.17, 15) is 18.0 Å². The van der Waals surface area contributed by atoms with E-state index in [0.717, 1.165) is 38.2 Å². The number of carbonyl (C=O) groups is 1. The lowest BCUT2D eigenvalue weighted by atomic mass is 10.2. The molecule has 1 unspecified atom stereocenters. The SMILES string of the molecule is O=C(COc1ccc(C(F)(F)F)cc1)NC1CCN(Cc2ccccc2)C1. The van der Waals surface area contributed by atoms with Crippen LogP contribution in [0, 0.1) is 0 Å². The van der Waals surface area contributed by atoms with Crippen molar-refractivity contribution in [1.82, 2.24) is 10.2 Å². The van der Waals surface area contributed by atoms with E-state index >= 15 is 0 Å². The van der Waals surface area contributed by atoms with Crippen molar-refractivity contribution in [3.8, 4) is 5.75 Å². The molecule has 2 aromatic rings. The summed E-state index contributed by atoms with van der Waals surface area (Å²) in [7, 11) is 0. The highest BCUT2D eigenvalue weighted by Gasteiger charge is 2.30. The summed E-state index contributed by atoms with van der Waals surface area (Å²) in [6, 6.07) is 14.5. The van der Waals surface area contributed by atoms with Crippen LogP contribution in [0.2, 0.25) is 0 Å². The summed E-state index contributed by atoms with van der Waals surface area (Å²) < 4.78 is 42.8. The second-order valence-corrected chi connectivity index (χ2v) is 6.58. The lowest BCUT2D eigenvalue weighted by Gasteiger charge is -2.17. The van der Waals surface area contributed by atoms with E-state index < -0.39 is 11.7 Å². The summed E-state index contributed by atoms with van der Waals surface area (Å²) in [5.74, 6) is -0.0447. The quantitative estimate of drug-likeness (QED) is 0.837. The largest absolute Gasteiger partial charge is 0.484 e. The molecule has 144 valence electrons. The van der Waals surface area contributed by atoms with Crippen LogP contribution in [0.1, 0.15) is 17.5 Å². The minimum absolute atomic E-state index is 0.0532. The first kappa shape index (κ1) is 19.2. The highest BCUT2D eigenvalue weighted by Crippen LogP contribution is 2.30. The number of hydrogen-bond acceptors (Lipinski definition) is 3. The van der Waals surface area contributed by atoms with Crippen LogP contribution in [0.4, 0.5) is 13.2 Å². The number of hydrogen-bond donors (Lipinski definition) is 1. The van der Waals surface area contributed by atoms with Crippen molar-refractivity contribution in [2.45, 2.75) is 25.2 Å². The Hall–Kier alpha value is -2.54. The molecule has 4 nitrogen and oxygen atoms in total. The van der Waals surface area contributed by atoms with Crippen molar-refractivity contribution in [2.24, 2.45) is 0 Å². The van der Waals surface area contributed by atoms with Gasteiger partial charge in [0, 0.05) is 25.7 Å². The van der Waals surface area contributed by atoms with E-state index in [1.165, 1.54) is 17.7 Å². The highest BCUT2D eigenvalue weighted by molar-refractivity contribution is 5.77. The molecule has 1 saturated heterocycles. The van der Waals surface area contributed by atoms with Gasteiger partial charge in [-0.25, -0.2) is 0 Å². The second-order valence-electron chi connectivity index (χ2n) is 6.58. The number of benzene rings is 2. The highest BCUT2D eigenvalue weighted by atomic mass is 19.4. The maximum atomic E-state index is 12.5. The Morgan fingerprint density at radius 1 is 1.11 bits per heavy atom. The first-order valence-electron chi connectivity index (χ1n) is 8.76. The van der Waals surface area contributed by atoms with Crippen molar-refractivity contribution >= 4 is 5.91 Å². The summed E-state index contributed by atoms with van der Waals surface area (Å²) in [5, 5.41) is 2.91. The number of halogens is 3. The molecule has 1 N–H and O–H groups in total. The fourth-order valence-electron chi connectivity index (χ4n) is 3.09. The molecule has 1 amide bonds. The zero-order valence-electron chi connectivity index (χ0n) is 14.7. The molecule has 0 radical (unpaired) electrons. The molecule has 1 fully saturated rings. The van der Waals surface area contributed by atoms with E-state index in [1.54, 1.807) is 0 Å². The van der Waals surface area contributed by atoms with Crippen LogP contribution in [-0.4, -0.2) is 36.5 Å². The Morgan fingerprint density at radius 2 is 1.81 bits per heavy atom. The van der Waals surface area contributed by atoms with E-state index in [4.69, 9.17) is 4.74 Å². The van der Waals surface area contributed by atoms with E-state index in [2.05, 4.69) is 22.3 Å². The van der Waals surface area contributed by atoms with Gasteiger partial charge in [-0.05, 0) is 36.2 Å². The maximum absolute atomic E-state index is 12.5. The van der Waals surface area contributed by atoms with E-state index in [1.807, 2.05) is 18.2 Å². The Morgan fingerprint density at radius 3 is 2.48 bits per heavy atom. The topological polar surface area (TPSA) is 41.6 Å². The predicted octanol–water partition coefficient (Wildman–Crippen LogP) is 3.47. The zero-order valence-corrected chi connectivity index (χ0v) is 14.7. The first-order chi connectivity index (χ1) is 12.9. The lowest BCUT2D eigenvalue weighted by molar-refractivity contribution is -0.137. The Bertz CT molecular complexity index is 748. The number of nitrogens with one attached hydrogen (secondary N) is 1. The number of carbonyl (C=O) groups excluding carboxylic acids is 1. The van der Waals surface area contributed by atoms with Crippen molar-refractivity contribution in [3.05, 3.63) is 65.7 Å².